The Balaban J connectivity index is 1.95. The molecule has 0 fully saturated rings. The fourth-order valence-corrected chi connectivity index (χ4v) is 2.35. The molecule has 0 unspecified atom stereocenters. The van der Waals surface area contributed by atoms with Crippen LogP contribution in [0.25, 0.3) is 5.52 Å². The summed E-state index contributed by atoms with van der Waals surface area (Å²) >= 11 is 6.06. The summed E-state index contributed by atoms with van der Waals surface area (Å²) in [5, 5.41) is 18.8. The van der Waals surface area contributed by atoms with E-state index in [-0.39, 0.29) is 18.1 Å². The molecule has 0 spiro atoms. The Bertz CT molecular complexity index is 843. The molecule has 2 N–H and O–H groups in total. The fraction of sp³-hybridized carbons (Fsp3) is 0.0667. The van der Waals surface area contributed by atoms with Crippen LogP contribution in [0.5, 0.6) is 11.5 Å². The molecule has 2 heterocycles. The van der Waals surface area contributed by atoms with E-state index in [0.29, 0.717) is 22.1 Å². The van der Waals surface area contributed by atoms with Gasteiger partial charge in [0.05, 0.1) is 10.5 Å². The zero-order valence-corrected chi connectivity index (χ0v) is 12.0. The number of phenols is 1. The third kappa shape index (κ3) is 2.56. The van der Waals surface area contributed by atoms with Crippen LogP contribution in [0.2, 0.25) is 5.02 Å². The summed E-state index contributed by atoms with van der Waals surface area (Å²) < 4.78 is 7.15. The van der Waals surface area contributed by atoms with Gasteiger partial charge in [-0.2, -0.15) is 0 Å². The first-order chi connectivity index (χ1) is 10.6. The zero-order chi connectivity index (χ0) is 15.7. The van der Waals surface area contributed by atoms with Crippen LogP contribution >= 0.6 is 11.6 Å². The Kier molecular flexibility index (Phi) is 3.60. The van der Waals surface area contributed by atoms with Gasteiger partial charge in [0.25, 0.3) is 0 Å². The van der Waals surface area contributed by atoms with Crippen molar-refractivity contribution in [1.82, 2.24) is 9.38 Å². The number of hydrogen-bond acceptors (Lipinski definition) is 4. The maximum atomic E-state index is 11.3. The molecule has 0 bridgehead atoms. The van der Waals surface area contributed by atoms with Gasteiger partial charge < -0.3 is 14.9 Å². The summed E-state index contributed by atoms with van der Waals surface area (Å²) in [5.74, 6) is -0.0588. The normalized spacial score (nSPS) is 10.8. The Morgan fingerprint density at radius 2 is 2.00 bits per heavy atom. The first-order valence-electron chi connectivity index (χ1n) is 6.37. The first-order valence-corrected chi connectivity index (χ1v) is 6.74. The summed E-state index contributed by atoms with van der Waals surface area (Å²) in [6, 6.07) is 9.52. The predicted octanol–water partition coefficient (Wildman–Crippen LogP) is 2.97. The lowest BCUT2D eigenvalue weighted by atomic mass is 10.3. The van der Waals surface area contributed by atoms with Crippen molar-refractivity contribution >= 4 is 23.1 Å². The lowest BCUT2D eigenvalue weighted by Gasteiger charge is -2.05. The first kappa shape index (κ1) is 14.2. The number of aromatic carboxylic acids is 1. The molecule has 1 aromatic carbocycles. The standard InChI is InChI=1S/C15H11ClN2O4/c16-11-2-1-7-18-12(17-13(14(11)18)15(20)21)8-22-10-5-3-9(19)4-6-10/h1-7,19H,8H2,(H,20,21). The van der Waals surface area contributed by atoms with Crippen molar-refractivity contribution in [3.8, 4) is 11.5 Å². The number of halogens is 1. The number of hydrogen-bond donors (Lipinski definition) is 2. The van der Waals surface area contributed by atoms with Gasteiger partial charge in [0.2, 0.25) is 0 Å². The lowest BCUT2D eigenvalue weighted by molar-refractivity contribution is 0.0693. The van der Waals surface area contributed by atoms with Crippen LogP contribution in [0.15, 0.2) is 42.6 Å². The smallest absolute Gasteiger partial charge is 0.356 e. The third-order valence-corrected chi connectivity index (χ3v) is 3.40. The molecule has 0 saturated carbocycles. The minimum absolute atomic E-state index is 0.0690. The highest BCUT2D eigenvalue weighted by molar-refractivity contribution is 6.34. The number of fused-ring (bicyclic) bond motifs is 1. The van der Waals surface area contributed by atoms with Crippen LogP contribution in [0.4, 0.5) is 0 Å². The number of phenolic OH excluding ortho intramolecular Hbond substituents is 1. The van der Waals surface area contributed by atoms with E-state index in [9.17, 15) is 15.0 Å². The van der Waals surface area contributed by atoms with Gasteiger partial charge in [-0.3, -0.25) is 4.40 Å². The Labute approximate surface area is 130 Å². The van der Waals surface area contributed by atoms with Crippen molar-refractivity contribution in [2.24, 2.45) is 0 Å². The molecule has 0 saturated heterocycles. The maximum absolute atomic E-state index is 11.3. The number of ether oxygens (including phenoxy) is 1. The van der Waals surface area contributed by atoms with E-state index >= 15 is 0 Å². The maximum Gasteiger partial charge on any atom is 0.356 e. The van der Waals surface area contributed by atoms with Crippen LogP contribution in [-0.4, -0.2) is 25.6 Å². The molecule has 7 heteroatoms. The molecule has 2 aromatic heterocycles. The van der Waals surface area contributed by atoms with Gasteiger partial charge in [-0.15, -0.1) is 0 Å². The molecule has 0 atom stereocenters. The highest BCUT2D eigenvalue weighted by Crippen LogP contribution is 2.23. The van der Waals surface area contributed by atoms with Crippen LogP contribution in [0.3, 0.4) is 0 Å². The molecule has 0 amide bonds. The second kappa shape index (κ2) is 5.57. The van der Waals surface area contributed by atoms with Gasteiger partial charge in [-0.25, -0.2) is 9.78 Å². The van der Waals surface area contributed by atoms with Crippen LogP contribution in [0.1, 0.15) is 16.3 Å². The molecule has 0 aliphatic carbocycles. The number of pyridine rings is 1. The van der Waals surface area contributed by atoms with Crippen LogP contribution in [0, 0.1) is 0 Å². The summed E-state index contributed by atoms with van der Waals surface area (Å²) in [5.41, 5.74) is 0.218. The number of carboxylic acids is 1. The van der Waals surface area contributed by atoms with Crippen molar-refractivity contribution in [3.05, 3.63) is 59.1 Å². The molecule has 3 rings (SSSR count). The number of rotatable bonds is 4. The fourth-order valence-electron chi connectivity index (χ4n) is 2.10. The highest BCUT2D eigenvalue weighted by atomic mass is 35.5. The number of aromatic hydroxyl groups is 1. The van der Waals surface area contributed by atoms with Crippen LogP contribution < -0.4 is 4.74 Å². The predicted molar refractivity (Wildman–Crippen MR) is 79.6 cm³/mol. The molecule has 0 radical (unpaired) electrons. The summed E-state index contributed by atoms with van der Waals surface area (Å²) in [7, 11) is 0. The Morgan fingerprint density at radius 1 is 1.27 bits per heavy atom. The monoisotopic (exact) mass is 318 g/mol. The molecule has 0 aliphatic heterocycles. The third-order valence-electron chi connectivity index (χ3n) is 3.10. The molecule has 6 nitrogen and oxygen atoms in total. The van der Waals surface area contributed by atoms with Crippen molar-refractivity contribution in [3.63, 3.8) is 0 Å². The van der Waals surface area contributed by atoms with Gasteiger partial charge in [0.1, 0.15) is 18.1 Å². The molecule has 112 valence electrons. The average Bonchev–Trinajstić information content (AvgIpc) is 2.87. The van der Waals surface area contributed by atoms with E-state index in [0.717, 1.165) is 0 Å². The van der Waals surface area contributed by atoms with E-state index in [1.807, 2.05) is 0 Å². The van der Waals surface area contributed by atoms with Crippen molar-refractivity contribution in [1.29, 1.82) is 0 Å². The van der Waals surface area contributed by atoms with Gasteiger partial charge in [-0.05, 0) is 36.4 Å². The Morgan fingerprint density at radius 3 is 2.68 bits per heavy atom. The molecular formula is C15H11ClN2O4. The molecule has 0 aliphatic rings. The minimum atomic E-state index is -1.15. The van der Waals surface area contributed by atoms with E-state index in [4.69, 9.17) is 16.3 Å². The van der Waals surface area contributed by atoms with E-state index in [2.05, 4.69) is 4.98 Å². The van der Waals surface area contributed by atoms with Gasteiger partial charge in [-0.1, -0.05) is 11.6 Å². The number of imidazole rings is 1. The van der Waals surface area contributed by atoms with Crippen molar-refractivity contribution in [2.45, 2.75) is 6.61 Å². The second-order valence-corrected chi connectivity index (χ2v) is 4.95. The van der Waals surface area contributed by atoms with Gasteiger partial charge >= 0.3 is 5.97 Å². The summed E-state index contributed by atoms with van der Waals surface area (Å²) in [6.07, 6.45) is 1.68. The number of carbonyl (C=O) groups is 1. The molecule has 22 heavy (non-hydrogen) atoms. The van der Waals surface area contributed by atoms with Crippen LogP contribution in [-0.2, 0) is 6.61 Å². The number of nitrogens with zero attached hydrogens (tertiary/aromatic N) is 2. The van der Waals surface area contributed by atoms with Crippen molar-refractivity contribution in [2.75, 3.05) is 0 Å². The topological polar surface area (TPSA) is 84.1 Å². The number of benzene rings is 1. The average molecular weight is 319 g/mol. The Hall–Kier alpha value is -2.73. The lowest BCUT2D eigenvalue weighted by Crippen LogP contribution is -2.01. The van der Waals surface area contributed by atoms with E-state index in [1.165, 1.54) is 12.1 Å². The van der Waals surface area contributed by atoms with Crippen molar-refractivity contribution < 1.29 is 19.7 Å². The summed E-state index contributed by atoms with van der Waals surface area (Å²) in [6.45, 7) is 0.0690. The SMILES string of the molecule is O=C(O)c1nc(COc2ccc(O)cc2)n2cccc(Cl)c12. The van der Waals surface area contributed by atoms with Gasteiger partial charge in [0, 0.05) is 6.20 Å². The van der Waals surface area contributed by atoms with Gasteiger partial charge in [0.15, 0.2) is 11.5 Å². The summed E-state index contributed by atoms with van der Waals surface area (Å²) in [4.78, 5) is 15.4. The number of aromatic nitrogens is 2. The van der Waals surface area contributed by atoms with E-state index in [1.54, 1.807) is 34.9 Å². The number of carboxylic acid groups (broad SMARTS) is 1. The minimum Gasteiger partial charge on any atom is -0.508 e. The highest BCUT2D eigenvalue weighted by Gasteiger charge is 2.19. The largest absolute Gasteiger partial charge is 0.508 e. The molecule has 3 aromatic rings. The second-order valence-electron chi connectivity index (χ2n) is 4.54. The zero-order valence-electron chi connectivity index (χ0n) is 11.2. The molecular weight excluding hydrogens is 308 g/mol. The quantitative estimate of drug-likeness (QED) is 0.772. The van der Waals surface area contributed by atoms with E-state index < -0.39 is 5.97 Å².